The van der Waals surface area contributed by atoms with E-state index in [1.165, 1.54) is 30.5 Å². The van der Waals surface area contributed by atoms with E-state index in [0.717, 1.165) is 5.92 Å². The van der Waals surface area contributed by atoms with E-state index in [0.29, 0.717) is 0 Å². The zero-order valence-electron chi connectivity index (χ0n) is 6.88. The standard InChI is InChI=1S/C10H13N/c1-8-4-2-6-10-9(8)5-3-7-11-10/h3,5,7-8H,2,4,6H2,1H3. The first kappa shape index (κ1) is 6.84. The lowest BCUT2D eigenvalue weighted by molar-refractivity contribution is 0.579. The molecular formula is C10H13N. The third-order valence-electron chi connectivity index (χ3n) is 2.51. The number of pyridine rings is 1. The Morgan fingerprint density at radius 3 is 3.27 bits per heavy atom. The summed E-state index contributed by atoms with van der Waals surface area (Å²) in [5.41, 5.74) is 2.80. The molecule has 1 atom stereocenters. The van der Waals surface area contributed by atoms with Gasteiger partial charge < -0.3 is 0 Å². The van der Waals surface area contributed by atoms with Crippen molar-refractivity contribution in [2.45, 2.75) is 32.1 Å². The Hall–Kier alpha value is -0.850. The Morgan fingerprint density at radius 1 is 1.55 bits per heavy atom. The van der Waals surface area contributed by atoms with E-state index in [-0.39, 0.29) is 0 Å². The van der Waals surface area contributed by atoms with Crippen LogP contribution in [0.4, 0.5) is 0 Å². The van der Waals surface area contributed by atoms with Crippen molar-refractivity contribution in [3.8, 4) is 0 Å². The Labute approximate surface area is 67.5 Å². The molecule has 58 valence electrons. The molecule has 0 aromatic carbocycles. The van der Waals surface area contributed by atoms with Crippen LogP contribution in [0.5, 0.6) is 0 Å². The highest BCUT2D eigenvalue weighted by atomic mass is 14.7. The van der Waals surface area contributed by atoms with Crippen LogP contribution in [-0.4, -0.2) is 4.98 Å². The minimum absolute atomic E-state index is 0.729. The summed E-state index contributed by atoms with van der Waals surface area (Å²) < 4.78 is 0. The topological polar surface area (TPSA) is 12.9 Å². The average molecular weight is 147 g/mol. The number of hydrogen-bond donors (Lipinski definition) is 0. The maximum absolute atomic E-state index is 4.37. The smallest absolute Gasteiger partial charge is 0.0438 e. The summed E-state index contributed by atoms with van der Waals surface area (Å²) in [6.07, 6.45) is 5.72. The van der Waals surface area contributed by atoms with Crippen LogP contribution in [0.25, 0.3) is 0 Å². The molecule has 0 saturated heterocycles. The largest absolute Gasteiger partial charge is 0.261 e. The van der Waals surface area contributed by atoms with E-state index in [2.05, 4.69) is 18.0 Å². The van der Waals surface area contributed by atoms with Gasteiger partial charge in [0, 0.05) is 11.9 Å². The predicted octanol–water partition coefficient (Wildman–Crippen LogP) is 2.52. The summed E-state index contributed by atoms with van der Waals surface area (Å²) in [5, 5.41) is 0. The summed E-state index contributed by atoms with van der Waals surface area (Å²) in [6.45, 7) is 2.29. The molecule has 0 amide bonds. The molecule has 1 aliphatic rings. The van der Waals surface area contributed by atoms with Gasteiger partial charge in [0.2, 0.25) is 0 Å². The lowest BCUT2D eigenvalue weighted by Crippen LogP contribution is -2.08. The molecule has 2 rings (SSSR count). The molecule has 0 spiro atoms. The maximum Gasteiger partial charge on any atom is 0.0438 e. The first-order valence-corrected chi connectivity index (χ1v) is 4.31. The van der Waals surface area contributed by atoms with Crippen LogP contribution >= 0.6 is 0 Å². The van der Waals surface area contributed by atoms with Gasteiger partial charge in [-0.2, -0.15) is 0 Å². The van der Waals surface area contributed by atoms with Gasteiger partial charge in [-0.25, -0.2) is 0 Å². The van der Waals surface area contributed by atoms with E-state index in [1.54, 1.807) is 0 Å². The predicted molar refractivity (Wildman–Crippen MR) is 45.6 cm³/mol. The third-order valence-corrected chi connectivity index (χ3v) is 2.51. The highest BCUT2D eigenvalue weighted by Gasteiger charge is 2.15. The molecule has 1 aliphatic carbocycles. The van der Waals surface area contributed by atoms with Crippen LogP contribution in [0.1, 0.15) is 36.9 Å². The quantitative estimate of drug-likeness (QED) is 0.549. The molecule has 0 saturated carbocycles. The van der Waals surface area contributed by atoms with Gasteiger partial charge in [0.1, 0.15) is 0 Å². The van der Waals surface area contributed by atoms with Crippen LogP contribution in [-0.2, 0) is 6.42 Å². The van der Waals surface area contributed by atoms with Crippen molar-refractivity contribution in [2.75, 3.05) is 0 Å². The normalized spacial score (nSPS) is 22.8. The van der Waals surface area contributed by atoms with Gasteiger partial charge in [0.25, 0.3) is 0 Å². The highest BCUT2D eigenvalue weighted by molar-refractivity contribution is 5.25. The van der Waals surface area contributed by atoms with E-state index in [1.807, 2.05) is 12.3 Å². The number of nitrogens with zero attached hydrogens (tertiary/aromatic N) is 1. The number of rotatable bonds is 0. The van der Waals surface area contributed by atoms with Crippen molar-refractivity contribution in [1.82, 2.24) is 4.98 Å². The van der Waals surface area contributed by atoms with E-state index in [4.69, 9.17) is 0 Å². The number of fused-ring (bicyclic) bond motifs is 1. The zero-order chi connectivity index (χ0) is 7.68. The fraction of sp³-hybridized carbons (Fsp3) is 0.500. The fourth-order valence-electron chi connectivity index (χ4n) is 1.84. The molecule has 11 heavy (non-hydrogen) atoms. The SMILES string of the molecule is CC1CCCc2ncccc21. The van der Waals surface area contributed by atoms with Crippen LogP contribution in [0.2, 0.25) is 0 Å². The van der Waals surface area contributed by atoms with Crippen molar-refractivity contribution in [3.05, 3.63) is 29.6 Å². The van der Waals surface area contributed by atoms with Crippen molar-refractivity contribution in [3.63, 3.8) is 0 Å². The number of aromatic nitrogens is 1. The van der Waals surface area contributed by atoms with Gasteiger partial charge >= 0.3 is 0 Å². The fourth-order valence-corrected chi connectivity index (χ4v) is 1.84. The summed E-state index contributed by atoms with van der Waals surface area (Å²) in [4.78, 5) is 4.37. The number of hydrogen-bond acceptors (Lipinski definition) is 1. The molecule has 0 N–H and O–H groups in total. The van der Waals surface area contributed by atoms with Crippen molar-refractivity contribution < 1.29 is 0 Å². The van der Waals surface area contributed by atoms with Gasteiger partial charge in [0.15, 0.2) is 0 Å². The molecule has 1 nitrogen and oxygen atoms in total. The summed E-state index contributed by atoms with van der Waals surface area (Å²) in [7, 11) is 0. The Kier molecular flexibility index (Phi) is 1.65. The first-order valence-electron chi connectivity index (χ1n) is 4.31. The highest BCUT2D eigenvalue weighted by Crippen LogP contribution is 2.28. The Balaban J connectivity index is 2.44. The molecule has 1 aromatic rings. The van der Waals surface area contributed by atoms with Crippen LogP contribution in [0.15, 0.2) is 18.3 Å². The summed E-state index contributed by atoms with van der Waals surface area (Å²) in [5.74, 6) is 0.729. The third kappa shape index (κ3) is 1.15. The van der Waals surface area contributed by atoms with E-state index in [9.17, 15) is 0 Å². The molecule has 1 unspecified atom stereocenters. The minimum Gasteiger partial charge on any atom is -0.261 e. The molecule has 1 heteroatoms. The molecule has 0 bridgehead atoms. The lowest BCUT2D eigenvalue weighted by Gasteiger charge is -2.20. The molecular weight excluding hydrogens is 134 g/mol. The molecule has 1 heterocycles. The second-order valence-corrected chi connectivity index (χ2v) is 3.33. The van der Waals surface area contributed by atoms with Gasteiger partial charge in [-0.05, 0) is 36.8 Å². The lowest BCUT2D eigenvalue weighted by atomic mass is 9.87. The zero-order valence-corrected chi connectivity index (χ0v) is 6.88. The number of aryl methyl sites for hydroxylation is 1. The van der Waals surface area contributed by atoms with E-state index >= 15 is 0 Å². The second kappa shape index (κ2) is 2.65. The van der Waals surface area contributed by atoms with Gasteiger partial charge in [0.05, 0.1) is 0 Å². The van der Waals surface area contributed by atoms with Crippen LogP contribution in [0, 0.1) is 0 Å². The minimum atomic E-state index is 0.729. The van der Waals surface area contributed by atoms with Crippen LogP contribution in [0.3, 0.4) is 0 Å². The van der Waals surface area contributed by atoms with Crippen molar-refractivity contribution in [1.29, 1.82) is 0 Å². The van der Waals surface area contributed by atoms with E-state index < -0.39 is 0 Å². The summed E-state index contributed by atoms with van der Waals surface area (Å²) in [6, 6.07) is 4.26. The second-order valence-electron chi connectivity index (χ2n) is 3.33. The van der Waals surface area contributed by atoms with Crippen molar-refractivity contribution in [2.24, 2.45) is 0 Å². The molecule has 0 fully saturated rings. The van der Waals surface area contributed by atoms with Crippen molar-refractivity contribution >= 4 is 0 Å². The van der Waals surface area contributed by atoms with Gasteiger partial charge in [-0.1, -0.05) is 13.0 Å². The summed E-state index contributed by atoms with van der Waals surface area (Å²) >= 11 is 0. The van der Waals surface area contributed by atoms with Gasteiger partial charge in [-0.3, -0.25) is 4.98 Å². The van der Waals surface area contributed by atoms with Crippen LogP contribution < -0.4 is 0 Å². The monoisotopic (exact) mass is 147 g/mol. The first-order chi connectivity index (χ1) is 5.38. The van der Waals surface area contributed by atoms with Gasteiger partial charge in [-0.15, -0.1) is 0 Å². The maximum atomic E-state index is 4.37. The average Bonchev–Trinajstić information content (AvgIpc) is 2.06. The Morgan fingerprint density at radius 2 is 2.45 bits per heavy atom. The Bertz CT molecular complexity index is 255. The molecule has 0 aliphatic heterocycles. The molecule has 1 aromatic heterocycles. The molecule has 0 radical (unpaired) electrons.